The van der Waals surface area contributed by atoms with E-state index in [9.17, 15) is 0 Å². The molecule has 0 atom stereocenters. The molecule has 0 amide bonds. The van der Waals surface area contributed by atoms with Crippen LogP contribution < -0.4 is 0 Å². The second kappa shape index (κ2) is 7.65. The maximum Gasteiger partial charge on any atom is 0.474 e. The smallest absolute Gasteiger partial charge is 0.396 e. The molecular weight excluding hydrogens is 252 g/mol. The highest BCUT2D eigenvalue weighted by Crippen LogP contribution is 2.11. The van der Waals surface area contributed by atoms with E-state index in [0.29, 0.717) is 0 Å². The first-order valence-electron chi connectivity index (χ1n) is 4.46. The van der Waals surface area contributed by atoms with E-state index in [4.69, 9.17) is 25.9 Å². The minimum Gasteiger partial charge on any atom is -0.396 e. The Morgan fingerprint density at radius 3 is 1.13 bits per heavy atom. The van der Waals surface area contributed by atoms with Gasteiger partial charge in [-0.2, -0.15) is 0 Å². The molecule has 9 heteroatoms. The average molecular weight is 272 g/mol. The third-order valence-corrected chi connectivity index (χ3v) is 9.15. The molecule has 0 saturated carbocycles. The van der Waals surface area contributed by atoms with Gasteiger partial charge in [-0.25, -0.2) is 0 Å². The van der Waals surface area contributed by atoms with Crippen LogP contribution in [0.3, 0.4) is 0 Å². The second-order valence-corrected chi connectivity index (χ2v) is 10.9. The van der Waals surface area contributed by atoms with Gasteiger partial charge in [0.1, 0.15) is 0 Å². The molecule has 0 aliphatic carbocycles. The first-order valence-corrected chi connectivity index (χ1v) is 10.1. The fraction of sp³-hybridized carbons (Fsp3) is 1.00. The Morgan fingerprint density at radius 2 is 0.933 bits per heavy atom. The number of rotatable bonds is 8. The molecule has 0 N–H and O–H groups in total. The van der Waals surface area contributed by atoms with Gasteiger partial charge in [0.25, 0.3) is 0 Å². The first-order chi connectivity index (χ1) is 6.99. The number of hydrogen-bond donors (Lipinski definition) is 0. The van der Waals surface area contributed by atoms with Crippen molar-refractivity contribution in [2.24, 2.45) is 0 Å². The molecule has 0 bridgehead atoms. The van der Waals surface area contributed by atoms with Crippen molar-refractivity contribution in [1.82, 2.24) is 0 Å². The Hall–Kier alpha value is 0.411. The highest BCUT2D eigenvalue weighted by Gasteiger charge is 2.34. The van der Waals surface area contributed by atoms with E-state index in [1.165, 1.54) is 0 Å². The maximum atomic E-state index is 5.66. The van der Waals surface area contributed by atoms with Crippen molar-refractivity contribution >= 4 is 27.6 Å². The van der Waals surface area contributed by atoms with Crippen LogP contribution in [0.15, 0.2) is 0 Å². The normalized spacial score (nSPS) is 12.8. The first kappa shape index (κ1) is 15.4. The molecule has 0 saturated heterocycles. The fourth-order valence-corrected chi connectivity index (χ4v) is 7.23. The molecule has 0 aromatic heterocycles. The van der Waals surface area contributed by atoms with Gasteiger partial charge in [-0.15, -0.1) is 0 Å². The second-order valence-electron chi connectivity index (χ2n) is 3.16. The Morgan fingerprint density at radius 1 is 0.667 bits per heavy atom. The summed E-state index contributed by atoms with van der Waals surface area (Å²) in [4.78, 5) is 0. The van der Waals surface area contributed by atoms with E-state index >= 15 is 0 Å². The highest BCUT2D eigenvalue weighted by molar-refractivity contribution is 6.75. The average Bonchev–Trinajstić information content (AvgIpc) is 2.22. The zero-order chi connectivity index (χ0) is 11.9. The minimum atomic E-state index is -2.29. The lowest BCUT2D eigenvalue weighted by molar-refractivity contribution is 0.156. The SMILES string of the molecule is CO[SiH](OC)O[Si](C)(C)O[SiH](OC)OC. The molecule has 0 aliphatic rings. The molecule has 92 valence electrons. The summed E-state index contributed by atoms with van der Waals surface area (Å²) < 4.78 is 31.6. The van der Waals surface area contributed by atoms with E-state index in [0.717, 1.165) is 0 Å². The monoisotopic (exact) mass is 272 g/mol. The Labute approximate surface area is 95.6 Å². The molecular formula is C6H20O6Si3. The highest BCUT2D eigenvalue weighted by atomic mass is 28.5. The van der Waals surface area contributed by atoms with Crippen molar-refractivity contribution < 1.29 is 25.9 Å². The summed E-state index contributed by atoms with van der Waals surface area (Å²) in [5, 5.41) is 0. The topological polar surface area (TPSA) is 55.4 Å². The van der Waals surface area contributed by atoms with Gasteiger partial charge >= 0.3 is 27.6 Å². The molecule has 0 aliphatic heterocycles. The summed E-state index contributed by atoms with van der Waals surface area (Å²) in [6.07, 6.45) is 0. The maximum absolute atomic E-state index is 5.66. The van der Waals surface area contributed by atoms with Crippen LogP contribution in [0.5, 0.6) is 0 Å². The lowest BCUT2D eigenvalue weighted by Gasteiger charge is -2.28. The third-order valence-electron chi connectivity index (χ3n) is 1.53. The Bertz CT molecular complexity index is 145. The van der Waals surface area contributed by atoms with E-state index in [1.54, 1.807) is 28.4 Å². The molecule has 15 heavy (non-hydrogen) atoms. The van der Waals surface area contributed by atoms with E-state index in [2.05, 4.69) is 0 Å². The minimum absolute atomic E-state index is 1.56. The van der Waals surface area contributed by atoms with E-state index in [-0.39, 0.29) is 0 Å². The van der Waals surface area contributed by atoms with Crippen LogP contribution in [0.25, 0.3) is 0 Å². The van der Waals surface area contributed by atoms with Gasteiger partial charge in [0, 0.05) is 28.4 Å². The van der Waals surface area contributed by atoms with Crippen molar-refractivity contribution in [2.45, 2.75) is 13.1 Å². The molecule has 6 nitrogen and oxygen atoms in total. The van der Waals surface area contributed by atoms with Gasteiger partial charge < -0.3 is 25.9 Å². The van der Waals surface area contributed by atoms with Gasteiger partial charge in [0.05, 0.1) is 0 Å². The molecule has 0 fully saturated rings. The molecule has 0 unspecified atom stereocenters. The van der Waals surface area contributed by atoms with Crippen molar-refractivity contribution in [3.05, 3.63) is 0 Å². The largest absolute Gasteiger partial charge is 0.474 e. The Kier molecular flexibility index (Phi) is 7.86. The van der Waals surface area contributed by atoms with Crippen LogP contribution >= 0.6 is 0 Å². The standard InChI is InChI=1S/C6H20O6Si3/c1-7-13(8-2)11-15(5,6)12-14(9-3)10-4/h13-14H,1-6H3. The van der Waals surface area contributed by atoms with Gasteiger partial charge in [-0.05, 0) is 13.1 Å². The van der Waals surface area contributed by atoms with Crippen molar-refractivity contribution in [1.29, 1.82) is 0 Å². The molecule has 0 aromatic carbocycles. The fourth-order valence-electron chi connectivity index (χ4n) is 0.876. The van der Waals surface area contributed by atoms with Crippen LogP contribution in [0, 0.1) is 0 Å². The molecule has 0 heterocycles. The summed E-state index contributed by atoms with van der Waals surface area (Å²) in [5.74, 6) is 0. The van der Waals surface area contributed by atoms with Crippen LogP contribution in [-0.4, -0.2) is 56.1 Å². The van der Waals surface area contributed by atoms with Crippen LogP contribution in [-0.2, 0) is 25.9 Å². The molecule has 0 rings (SSSR count). The lowest BCUT2D eigenvalue weighted by Crippen LogP contribution is -2.47. The zero-order valence-electron chi connectivity index (χ0n) is 10.1. The van der Waals surface area contributed by atoms with Gasteiger partial charge in [0.15, 0.2) is 0 Å². The lowest BCUT2D eigenvalue weighted by atomic mass is 11.8. The van der Waals surface area contributed by atoms with Gasteiger partial charge in [-0.1, -0.05) is 0 Å². The zero-order valence-corrected chi connectivity index (χ0v) is 13.4. The van der Waals surface area contributed by atoms with E-state index < -0.39 is 27.6 Å². The molecule has 0 spiro atoms. The summed E-state index contributed by atoms with van der Waals surface area (Å²) in [6, 6.07) is 0. The summed E-state index contributed by atoms with van der Waals surface area (Å²) >= 11 is 0. The third kappa shape index (κ3) is 6.55. The predicted octanol–water partition coefficient (Wildman–Crippen LogP) is -0.259. The van der Waals surface area contributed by atoms with Gasteiger partial charge in [-0.3, -0.25) is 0 Å². The van der Waals surface area contributed by atoms with Crippen molar-refractivity contribution in [2.75, 3.05) is 28.4 Å². The number of hydrogen-bond acceptors (Lipinski definition) is 6. The van der Waals surface area contributed by atoms with Gasteiger partial charge in [0.2, 0.25) is 0 Å². The summed E-state index contributed by atoms with van der Waals surface area (Å²) in [5.41, 5.74) is 0. The Balaban J connectivity index is 4.14. The quantitative estimate of drug-likeness (QED) is 0.568. The van der Waals surface area contributed by atoms with Crippen molar-refractivity contribution in [3.63, 3.8) is 0 Å². The summed E-state index contributed by atoms with van der Waals surface area (Å²) in [6.45, 7) is 3.81. The van der Waals surface area contributed by atoms with Crippen LogP contribution in [0.1, 0.15) is 0 Å². The molecule has 0 radical (unpaired) electrons. The predicted molar refractivity (Wildman–Crippen MR) is 62.0 cm³/mol. The van der Waals surface area contributed by atoms with Crippen LogP contribution in [0.2, 0.25) is 13.1 Å². The van der Waals surface area contributed by atoms with Crippen LogP contribution in [0.4, 0.5) is 0 Å². The summed E-state index contributed by atoms with van der Waals surface area (Å²) in [7, 11) is -0.143. The van der Waals surface area contributed by atoms with E-state index in [1.807, 2.05) is 13.1 Å². The molecule has 0 aromatic rings. The van der Waals surface area contributed by atoms with Crippen molar-refractivity contribution in [3.8, 4) is 0 Å².